The summed E-state index contributed by atoms with van der Waals surface area (Å²) < 4.78 is 26.6. The van der Waals surface area contributed by atoms with Crippen LogP contribution in [0.5, 0.6) is 0 Å². The molecule has 0 bridgehead atoms. The largest absolute Gasteiger partial charge is 0.346 e. The number of amides is 1. The molecule has 3 aromatic rings. The number of hydrogen-bond donors (Lipinski definition) is 3. The van der Waals surface area contributed by atoms with Crippen molar-refractivity contribution >= 4 is 17.4 Å². The Morgan fingerprint density at radius 3 is 2.62 bits per heavy atom. The molecule has 1 aromatic heterocycles. The van der Waals surface area contributed by atoms with E-state index in [-0.39, 0.29) is 23.6 Å². The van der Waals surface area contributed by atoms with Crippen molar-refractivity contribution in [3.8, 4) is 0 Å². The van der Waals surface area contributed by atoms with Crippen LogP contribution < -0.4 is 10.6 Å². The van der Waals surface area contributed by atoms with Crippen molar-refractivity contribution in [2.45, 2.75) is 20.4 Å². The van der Waals surface area contributed by atoms with Gasteiger partial charge in [0, 0.05) is 23.9 Å². The molecule has 0 spiro atoms. The summed E-state index contributed by atoms with van der Waals surface area (Å²) in [6, 6.07) is 8.93. The third-order valence-electron chi connectivity index (χ3n) is 3.99. The molecule has 6 nitrogen and oxygen atoms in total. The van der Waals surface area contributed by atoms with Gasteiger partial charge < -0.3 is 10.6 Å². The van der Waals surface area contributed by atoms with Crippen molar-refractivity contribution in [1.82, 2.24) is 20.7 Å². The molecule has 3 N–H and O–H groups in total. The van der Waals surface area contributed by atoms with Gasteiger partial charge in [-0.15, -0.1) is 10.2 Å². The molecule has 3 rings (SSSR count). The number of nitrogens with zero attached hydrogens (tertiary/aromatic N) is 2. The lowest BCUT2D eigenvalue weighted by molar-refractivity contribution is 0.0946. The van der Waals surface area contributed by atoms with Gasteiger partial charge in [-0.2, -0.15) is 5.21 Å². The Bertz CT molecular complexity index is 955. The molecule has 26 heavy (non-hydrogen) atoms. The topological polar surface area (TPSA) is 82.7 Å². The van der Waals surface area contributed by atoms with Crippen LogP contribution in [0.1, 0.15) is 27.2 Å². The lowest BCUT2D eigenvalue weighted by Gasteiger charge is -2.08. The summed E-state index contributed by atoms with van der Waals surface area (Å²) in [6.45, 7) is 3.89. The van der Waals surface area contributed by atoms with Gasteiger partial charge >= 0.3 is 0 Å². The van der Waals surface area contributed by atoms with Gasteiger partial charge in [-0.25, -0.2) is 8.78 Å². The Morgan fingerprint density at radius 1 is 1.08 bits per heavy atom. The minimum Gasteiger partial charge on any atom is -0.346 e. The highest BCUT2D eigenvalue weighted by Crippen LogP contribution is 2.20. The fraction of sp³-hybridized carbons (Fsp3) is 0.167. The number of benzene rings is 2. The average molecular weight is 357 g/mol. The number of aryl methyl sites for hydroxylation is 2. The van der Waals surface area contributed by atoms with E-state index in [9.17, 15) is 13.6 Å². The fourth-order valence-electron chi connectivity index (χ4n) is 2.36. The molecule has 0 unspecified atom stereocenters. The number of carbonyl (C=O) groups is 1. The van der Waals surface area contributed by atoms with Crippen molar-refractivity contribution in [3.05, 3.63) is 70.4 Å². The zero-order valence-corrected chi connectivity index (χ0v) is 14.2. The molecule has 0 aliphatic carbocycles. The Hall–Kier alpha value is -3.29. The summed E-state index contributed by atoms with van der Waals surface area (Å²) in [6.07, 6.45) is 0. The molecule has 0 aliphatic heterocycles. The highest BCUT2D eigenvalue weighted by molar-refractivity contribution is 5.97. The molecule has 1 heterocycles. The number of halogens is 2. The standard InChI is InChI=1S/C18H17F2N5O/c1-10-3-6-14(7-11(10)2)22-17-16(23-25-24-17)18(26)21-9-12-4-5-13(19)8-15(12)20/h3-8H,9H2,1-2H3,(H,21,26)(H2,22,23,24,25). The highest BCUT2D eigenvalue weighted by Gasteiger charge is 2.17. The van der Waals surface area contributed by atoms with Crippen molar-refractivity contribution in [2.24, 2.45) is 0 Å². The van der Waals surface area contributed by atoms with E-state index in [1.807, 2.05) is 32.0 Å². The van der Waals surface area contributed by atoms with E-state index in [2.05, 4.69) is 26.0 Å². The van der Waals surface area contributed by atoms with Gasteiger partial charge in [-0.3, -0.25) is 4.79 Å². The summed E-state index contributed by atoms with van der Waals surface area (Å²) in [5.74, 6) is -1.67. The first-order valence-corrected chi connectivity index (χ1v) is 7.91. The number of hydrogen-bond acceptors (Lipinski definition) is 4. The second-order valence-electron chi connectivity index (χ2n) is 5.86. The molecular weight excluding hydrogens is 340 g/mol. The second-order valence-corrected chi connectivity index (χ2v) is 5.86. The molecule has 8 heteroatoms. The zero-order chi connectivity index (χ0) is 18.7. The Balaban J connectivity index is 1.70. The maximum atomic E-state index is 13.6. The van der Waals surface area contributed by atoms with Crippen molar-refractivity contribution in [1.29, 1.82) is 0 Å². The van der Waals surface area contributed by atoms with E-state index in [1.165, 1.54) is 6.07 Å². The number of nitrogens with one attached hydrogen (secondary N) is 3. The van der Waals surface area contributed by atoms with Crippen molar-refractivity contribution < 1.29 is 13.6 Å². The van der Waals surface area contributed by atoms with Crippen LogP contribution in [0.4, 0.5) is 20.3 Å². The number of aromatic amines is 1. The molecule has 0 radical (unpaired) electrons. The van der Waals surface area contributed by atoms with E-state index >= 15 is 0 Å². The zero-order valence-electron chi connectivity index (χ0n) is 14.2. The normalized spacial score (nSPS) is 10.6. The van der Waals surface area contributed by atoms with Crippen LogP contribution in [0.15, 0.2) is 36.4 Å². The monoisotopic (exact) mass is 357 g/mol. The smallest absolute Gasteiger partial charge is 0.275 e. The molecular formula is C18H17F2N5O. The lowest BCUT2D eigenvalue weighted by atomic mass is 10.1. The number of carbonyl (C=O) groups excluding carboxylic acids is 1. The Labute approximate surface area is 148 Å². The van der Waals surface area contributed by atoms with Crippen LogP contribution in [0, 0.1) is 25.5 Å². The fourth-order valence-corrected chi connectivity index (χ4v) is 2.36. The first-order chi connectivity index (χ1) is 12.4. The minimum atomic E-state index is -0.723. The van der Waals surface area contributed by atoms with Crippen molar-refractivity contribution in [2.75, 3.05) is 5.32 Å². The number of aromatic nitrogens is 3. The highest BCUT2D eigenvalue weighted by atomic mass is 19.1. The van der Waals surface area contributed by atoms with E-state index in [4.69, 9.17) is 0 Å². The maximum Gasteiger partial charge on any atom is 0.275 e. The van der Waals surface area contributed by atoms with Gasteiger partial charge in [0.15, 0.2) is 11.5 Å². The molecule has 0 fully saturated rings. The minimum absolute atomic E-state index is 0.0470. The SMILES string of the molecule is Cc1ccc(Nc2n[nH]nc2C(=O)NCc2ccc(F)cc2F)cc1C. The van der Waals surface area contributed by atoms with E-state index in [0.717, 1.165) is 28.9 Å². The van der Waals surface area contributed by atoms with Crippen LogP contribution >= 0.6 is 0 Å². The average Bonchev–Trinajstić information content (AvgIpc) is 3.05. The van der Waals surface area contributed by atoms with Gasteiger partial charge in [0.25, 0.3) is 5.91 Å². The van der Waals surface area contributed by atoms with Crippen LogP contribution in [-0.2, 0) is 6.54 Å². The van der Waals surface area contributed by atoms with Gasteiger partial charge in [0.05, 0.1) is 0 Å². The number of anilines is 2. The Morgan fingerprint density at radius 2 is 1.88 bits per heavy atom. The summed E-state index contributed by atoms with van der Waals surface area (Å²) in [7, 11) is 0. The first kappa shape index (κ1) is 17.5. The lowest BCUT2D eigenvalue weighted by Crippen LogP contribution is -2.24. The van der Waals surface area contributed by atoms with Crippen LogP contribution in [0.2, 0.25) is 0 Å². The van der Waals surface area contributed by atoms with E-state index < -0.39 is 17.5 Å². The van der Waals surface area contributed by atoms with Gasteiger partial charge in [-0.1, -0.05) is 12.1 Å². The van der Waals surface area contributed by atoms with Crippen LogP contribution in [0.3, 0.4) is 0 Å². The molecule has 1 amide bonds. The van der Waals surface area contributed by atoms with Crippen LogP contribution in [-0.4, -0.2) is 21.3 Å². The molecule has 0 saturated heterocycles. The second kappa shape index (κ2) is 7.30. The molecule has 0 saturated carbocycles. The predicted octanol–water partition coefficient (Wildman–Crippen LogP) is 3.37. The third-order valence-corrected chi connectivity index (χ3v) is 3.99. The maximum absolute atomic E-state index is 13.6. The summed E-state index contributed by atoms with van der Waals surface area (Å²) in [5, 5.41) is 15.7. The molecule has 0 aliphatic rings. The summed E-state index contributed by atoms with van der Waals surface area (Å²) in [4.78, 5) is 12.3. The number of rotatable bonds is 5. The van der Waals surface area contributed by atoms with Crippen LogP contribution in [0.25, 0.3) is 0 Å². The first-order valence-electron chi connectivity index (χ1n) is 7.91. The predicted molar refractivity (Wildman–Crippen MR) is 93.1 cm³/mol. The van der Waals surface area contributed by atoms with Gasteiger partial charge in [-0.05, 0) is 43.2 Å². The van der Waals surface area contributed by atoms with E-state index in [1.54, 1.807) is 0 Å². The third kappa shape index (κ3) is 3.85. The van der Waals surface area contributed by atoms with Gasteiger partial charge in [0.1, 0.15) is 11.6 Å². The van der Waals surface area contributed by atoms with E-state index in [0.29, 0.717) is 0 Å². The summed E-state index contributed by atoms with van der Waals surface area (Å²) >= 11 is 0. The number of H-pyrrole nitrogens is 1. The van der Waals surface area contributed by atoms with Crippen molar-refractivity contribution in [3.63, 3.8) is 0 Å². The molecule has 2 aromatic carbocycles. The Kier molecular flexibility index (Phi) is 4.92. The molecule has 134 valence electrons. The summed E-state index contributed by atoms with van der Waals surface area (Å²) in [5.41, 5.74) is 3.23. The van der Waals surface area contributed by atoms with Gasteiger partial charge in [0.2, 0.25) is 0 Å². The quantitative estimate of drug-likeness (QED) is 0.654. The molecule has 0 atom stereocenters.